The van der Waals surface area contributed by atoms with Gasteiger partial charge in [-0.15, -0.1) is 0 Å². The number of piperidine rings is 1. The Hall–Kier alpha value is -2.26. The summed E-state index contributed by atoms with van der Waals surface area (Å²) in [6.45, 7) is 2.16. The molecule has 0 aliphatic carbocycles. The molecule has 0 bridgehead atoms. The summed E-state index contributed by atoms with van der Waals surface area (Å²) in [4.78, 5) is 17.6. The number of rotatable bonds is 4. The average molecular weight is 395 g/mol. The Balaban J connectivity index is 1.74. The van der Waals surface area contributed by atoms with Crippen molar-refractivity contribution in [2.24, 2.45) is 0 Å². The van der Waals surface area contributed by atoms with Crippen LogP contribution in [0, 0.1) is 12.7 Å². The van der Waals surface area contributed by atoms with Crippen molar-refractivity contribution >= 4 is 15.9 Å². The molecule has 0 spiro atoms. The van der Waals surface area contributed by atoms with Crippen molar-refractivity contribution in [1.82, 2.24) is 14.2 Å². The third-order valence-electron chi connectivity index (χ3n) is 4.68. The van der Waals surface area contributed by atoms with Crippen LogP contribution in [0.1, 0.15) is 40.9 Å². The lowest BCUT2D eigenvalue weighted by molar-refractivity contribution is 0.0821. The number of aryl methyl sites for hydroxylation is 1. The van der Waals surface area contributed by atoms with Crippen LogP contribution < -0.4 is 0 Å². The molecular weight excluding hydrogens is 373 g/mol. The summed E-state index contributed by atoms with van der Waals surface area (Å²) in [6, 6.07) is 5.37. The molecule has 0 unspecified atom stereocenters. The summed E-state index contributed by atoms with van der Waals surface area (Å²) in [5.74, 6) is -0.179. The first-order valence-electron chi connectivity index (χ1n) is 8.65. The van der Waals surface area contributed by atoms with Crippen LogP contribution in [-0.2, 0) is 10.0 Å². The standard InChI is InChI=1S/C18H22FN3O4S/c1-12-16(18(23)21(2)3)20-17(26-12)13-8-10-22(11-9-13)27(24,25)15-7-5-4-6-14(15)19/h4-7,13H,8-11H2,1-3H3. The molecule has 1 aromatic heterocycles. The smallest absolute Gasteiger partial charge is 0.275 e. The quantitative estimate of drug-likeness (QED) is 0.794. The van der Waals surface area contributed by atoms with Gasteiger partial charge in [-0.05, 0) is 31.9 Å². The second kappa shape index (κ2) is 7.40. The SMILES string of the molecule is Cc1oc(C2CCN(S(=O)(=O)c3ccccc3F)CC2)nc1C(=O)N(C)C. The number of hydrogen-bond donors (Lipinski definition) is 0. The predicted octanol–water partition coefficient (Wildman–Crippen LogP) is 2.39. The van der Waals surface area contributed by atoms with E-state index >= 15 is 0 Å². The van der Waals surface area contributed by atoms with E-state index in [1.54, 1.807) is 21.0 Å². The lowest BCUT2D eigenvalue weighted by atomic mass is 9.98. The van der Waals surface area contributed by atoms with Crippen molar-refractivity contribution in [2.45, 2.75) is 30.6 Å². The van der Waals surface area contributed by atoms with Crippen LogP contribution in [0.5, 0.6) is 0 Å². The van der Waals surface area contributed by atoms with Gasteiger partial charge < -0.3 is 9.32 Å². The summed E-state index contributed by atoms with van der Waals surface area (Å²) in [5.41, 5.74) is 0.274. The van der Waals surface area contributed by atoms with Gasteiger partial charge in [-0.2, -0.15) is 4.31 Å². The van der Waals surface area contributed by atoms with Gasteiger partial charge in [0, 0.05) is 33.1 Å². The van der Waals surface area contributed by atoms with E-state index in [9.17, 15) is 17.6 Å². The zero-order valence-corrected chi connectivity index (χ0v) is 16.3. The van der Waals surface area contributed by atoms with E-state index in [-0.39, 0.29) is 35.5 Å². The maximum Gasteiger partial charge on any atom is 0.275 e. The molecule has 1 saturated heterocycles. The van der Waals surface area contributed by atoms with Crippen molar-refractivity contribution in [3.63, 3.8) is 0 Å². The van der Waals surface area contributed by atoms with E-state index in [1.807, 2.05) is 0 Å². The number of carbonyl (C=O) groups excluding carboxylic acids is 1. The number of carbonyl (C=O) groups is 1. The highest BCUT2D eigenvalue weighted by molar-refractivity contribution is 7.89. The minimum atomic E-state index is -3.88. The van der Waals surface area contributed by atoms with E-state index in [0.717, 1.165) is 6.07 Å². The van der Waals surface area contributed by atoms with Gasteiger partial charge in [-0.3, -0.25) is 4.79 Å². The van der Waals surface area contributed by atoms with Gasteiger partial charge in [0.2, 0.25) is 10.0 Å². The van der Waals surface area contributed by atoms with E-state index < -0.39 is 15.8 Å². The first kappa shape index (κ1) is 19.5. The number of amides is 1. The van der Waals surface area contributed by atoms with Crippen LogP contribution in [0.2, 0.25) is 0 Å². The Morgan fingerprint density at radius 1 is 1.26 bits per heavy atom. The lowest BCUT2D eigenvalue weighted by Gasteiger charge is -2.29. The molecule has 3 rings (SSSR count). The Morgan fingerprint density at radius 3 is 2.48 bits per heavy atom. The molecule has 146 valence electrons. The molecule has 0 saturated carbocycles. The second-order valence-corrected chi connectivity index (χ2v) is 8.67. The fraction of sp³-hybridized carbons (Fsp3) is 0.444. The first-order chi connectivity index (χ1) is 12.7. The van der Waals surface area contributed by atoms with Crippen molar-refractivity contribution in [3.05, 3.63) is 47.4 Å². The molecule has 0 N–H and O–H groups in total. The highest BCUT2D eigenvalue weighted by Crippen LogP contribution is 2.31. The topological polar surface area (TPSA) is 83.7 Å². The molecule has 1 aliphatic rings. The summed E-state index contributed by atoms with van der Waals surface area (Å²) >= 11 is 0. The normalized spacial score (nSPS) is 16.4. The van der Waals surface area contributed by atoms with Crippen LogP contribution in [0.15, 0.2) is 33.6 Å². The number of benzene rings is 1. The van der Waals surface area contributed by atoms with Gasteiger partial charge in [-0.1, -0.05) is 12.1 Å². The zero-order chi connectivity index (χ0) is 19.8. The largest absolute Gasteiger partial charge is 0.445 e. The predicted molar refractivity (Wildman–Crippen MR) is 96.4 cm³/mol. The first-order valence-corrected chi connectivity index (χ1v) is 10.1. The minimum Gasteiger partial charge on any atom is -0.445 e. The fourth-order valence-electron chi connectivity index (χ4n) is 3.14. The molecule has 27 heavy (non-hydrogen) atoms. The number of nitrogens with zero attached hydrogens (tertiary/aromatic N) is 3. The minimum absolute atomic E-state index is 0.0838. The van der Waals surface area contributed by atoms with E-state index in [4.69, 9.17) is 4.42 Å². The van der Waals surface area contributed by atoms with Crippen LogP contribution in [0.4, 0.5) is 4.39 Å². The molecule has 7 nitrogen and oxygen atoms in total. The van der Waals surface area contributed by atoms with Crippen LogP contribution in [0.3, 0.4) is 0 Å². The van der Waals surface area contributed by atoms with Gasteiger partial charge in [0.05, 0.1) is 0 Å². The number of oxazole rings is 1. The molecular formula is C18H22FN3O4S. The Kier molecular flexibility index (Phi) is 5.34. The van der Waals surface area contributed by atoms with Gasteiger partial charge in [-0.25, -0.2) is 17.8 Å². The maximum atomic E-state index is 13.9. The van der Waals surface area contributed by atoms with E-state index in [0.29, 0.717) is 24.5 Å². The van der Waals surface area contributed by atoms with Gasteiger partial charge in [0.15, 0.2) is 11.6 Å². The van der Waals surface area contributed by atoms with Crippen LogP contribution >= 0.6 is 0 Å². The molecule has 1 fully saturated rings. The third-order valence-corrected chi connectivity index (χ3v) is 6.61. The summed E-state index contributed by atoms with van der Waals surface area (Å²) in [6.07, 6.45) is 0.979. The molecule has 2 aromatic rings. The van der Waals surface area contributed by atoms with Crippen LogP contribution in [-0.4, -0.2) is 55.7 Å². The van der Waals surface area contributed by atoms with Crippen molar-refractivity contribution < 1.29 is 22.0 Å². The number of sulfonamides is 1. The number of aromatic nitrogens is 1. The van der Waals surface area contributed by atoms with Gasteiger partial charge in [0.25, 0.3) is 5.91 Å². The van der Waals surface area contributed by atoms with Crippen LogP contribution in [0.25, 0.3) is 0 Å². The third kappa shape index (κ3) is 3.74. The summed E-state index contributed by atoms with van der Waals surface area (Å²) < 4.78 is 46.2. The van der Waals surface area contributed by atoms with E-state index in [1.165, 1.54) is 27.4 Å². The molecule has 0 atom stereocenters. The second-order valence-electron chi connectivity index (χ2n) is 6.77. The van der Waals surface area contributed by atoms with Gasteiger partial charge >= 0.3 is 0 Å². The van der Waals surface area contributed by atoms with Crippen molar-refractivity contribution in [2.75, 3.05) is 27.2 Å². The Labute approximate surface area is 157 Å². The lowest BCUT2D eigenvalue weighted by Crippen LogP contribution is -2.38. The summed E-state index contributed by atoms with van der Waals surface area (Å²) in [7, 11) is -0.597. The van der Waals surface area contributed by atoms with Crippen molar-refractivity contribution in [3.8, 4) is 0 Å². The number of halogens is 1. The molecule has 1 amide bonds. The average Bonchev–Trinajstić information content (AvgIpc) is 3.03. The Morgan fingerprint density at radius 2 is 1.89 bits per heavy atom. The molecule has 9 heteroatoms. The highest BCUT2D eigenvalue weighted by Gasteiger charge is 2.34. The molecule has 2 heterocycles. The fourth-order valence-corrected chi connectivity index (χ4v) is 4.67. The zero-order valence-electron chi connectivity index (χ0n) is 15.5. The summed E-state index contributed by atoms with van der Waals surface area (Å²) in [5, 5.41) is 0. The Bertz CT molecular complexity index is 947. The number of hydrogen-bond acceptors (Lipinski definition) is 5. The maximum absolute atomic E-state index is 13.9. The molecule has 1 aromatic carbocycles. The van der Waals surface area contributed by atoms with Gasteiger partial charge in [0.1, 0.15) is 16.5 Å². The highest BCUT2D eigenvalue weighted by atomic mass is 32.2. The van der Waals surface area contributed by atoms with E-state index in [2.05, 4.69) is 4.98 Å². The molecule has 0 radical (unpaired) electrons. The molecule has 1 aliphatic heterocycles. The monoisotopic (exact) mass is 395 g/mol. The van der Waals surface area contributed by atoms with Crippen molar-refractivity contribution in [1.29, 1.82) is 0 Å².